The van der Waals surface area contributed by atoms with Crippen LogP contribution in [0.15, 0.2) is 72.8 Å². The van der Waals surface area contributed by atoms with E-state index >= 15 is 0 Å². The van der Waals surface area contributed by atoms with Crippen LogP contribution in [0.4, 0.5) is 49.6 Å². The Labute approximate surface area is 214 Å². The van der Waals surface area contributed by atoms with Gasteiger partial charge in [-0.3, -0.25) is 4.79 Å². The fourth-order valence-corrected chi connectivity index (χ4v) is 3.43. The predicted octanol–water partition coefficient (Wildman–Crippen LogP) is 7.15. The second-order valence-corrected chi connectivity index (χ2v) is 8.12. The second kappa shape index (κ2) is 11.2. The normalized spacial score (nSPS) is 14.1. The molecular weight excluding hydrogens is 552 g/mol. The van der Waals surface area contributed by atoms with Crippen LogP contribution >= 0.6 is 0 Å². The fraction of sp³-hybridized carbons (Fsp3) is 0.240. The van der Waals surface area contributed by atoms with Crippen LogP contribution in [0.1, 0.15) is 33.3 Å². The predicted molar refractivity (Wildman–Crippen MR) is 117 cm³/mol. The molecule has 4 nitrogen and oxygen atoms in total. The van der Waals surface area contributed by atoms with Crippen LogP contribution in [0.2, 0.25) is 0 Å². The molecule has 0 bridgehead atoms. The van der Waals surface area contributed by atoms with Crippen molar-refractivity contribution in [1.82, 2.24) is 0 Å². The highest BCUT2D eigenvalue weighted by Crippen LogP contribution is 2.34. The van der Waals surface area contributed by atoms with E-state index < -0.39 is 77.1 Å². The molecule has 3 aromatic carbocycles. The van der Waals surface area contributed by atoms with Gasteiger partial charge >= 0.3 is 18.5 Å². The quantitative estimate of drug-likeness (QED) is 0.243. The lowest BCUT2D eigenvalue weighted by atomic mass is 10.1. The molecule has 0 radical (unpaired) electrons. The van der Waals surface area contributed by atoms with Crippen molar-refractivity contribution >= 4 is 11.6 Å². The molecule has 3 aromatic rings. The third kappa shape index (κ3) is 7.69. The summed E-state index contributed by atoms with van der Waals surface area (Å²) in [4.78, 5) is 13.4. The zero-order chi connectivity index (χ0) is 29.2. The van der Waals surface area contributed by atoms with Crippen molar-refractivity contribution in [2.75, 3.05) is 11.4 Å². The van der Waals surface area contributed by atoms with Crippen LogP contribution in [-0.2, 0) is 17.1 Å². The minimum absolute atomic E-state index is 0.287. The summed E-state index contributed by atoms with van der Waals surface area (Å²) >= 11 is 0. The molecule has 0 spiro atoms. The molecule has 0 aliphatic heterocycles. The largest absolute Gasteiger partial charge is 0.416 e. The summed E-state index contributed by atoms with van der Waals surface area (Å²) in [6.07, 6.45) is -20.8. The second-order valence-electron chi connectivity index (χ2n) is 8.12. The number of rotatable bonds is 7. The van der Waals surface area contributed by atoms with Gasteiger partial charge < -0.3 is 14.7 Å². The highest BCUT2D eigenvalue weighted by atomic mass is 19.4. The minimum Gasteiger partial charge on any atom is -0.364 e. The molecule has 210 valence electrons. The molecule has 0 heterocycles. The Bertz CT molecular complexity index is 1300. The summed E-state index contributed by atoms with van der Waals surface area (Å²) in [5.74, 6) is -2.40. The standard InChI is InChI=1S/C25H17F10NO3/c26-18-8-3-9-19(12-18)36(21(37)14-4-1-6-16(10-14)23(27,28)29)13-20(25(33,34)35)39-22(38)15-5-2-7-17(11-15)24(30,31)32/h1-12,20,22,38H,13H2. The van der Waals surface area contributed by atoms with Crippen LogP contribution < -0.4 is 4.90 Å². The van der Waals surface area contributed by atoms with Gasteiger partial charge in [0.25, 0.3) is 5.91 Å². The monoisotopic (exact) mass is 569 g/mol. The van der Waals surface area contributed by atoms with Crippen molar-refractivity contribution in [3.63, 3.8) is 0 Å². The zero-order valence-electron chi connectivity index (χ0n) is 19.3. The number of nitrogens with zero attached hydrogens (tertiary/aromatic N) is 1. The molecule has 39 heavy (non-hydrogen) atoms. The smallest absolute Gasteiger partial charge is 0.364 e. The summed E-state index contributed by atoms with van der Waals surface area (Å²) in [5.41, 5.74) is -4.46. The van der Waals surface area contributed by atoms with E-state index in [1.165, 1.54) is 0 Å². The first-order chi connectivity index (χ1) is 18.0. The van der Waals surface area contributed by atoms with Gasteiger partial charge in [-0.05, 0) is 48.5 Å². The maximum atomic E-state index is 13.9. The van der Waals surface area contributed by atoms with E-state index in [1.807, 2.05) is 0 Å². The highest BCUT2D eigenvalue weighted by molar-refractivity contribution is 6.06. The third-order valence-electron chi connectivity index (χ3n) is 5.31. The van der Waals surface area contributed by atoms with Gasteiger partial charge in [0.15, 0.2) is 12.4 Å². The molecule has 0 saturated heterocycles. The average molecular weight is 569 g/mol. The van der Waals surface area contributed by atoms with Gasteiger partial charge in [0.2, 0.25) is 0 Å². The molecule has 2 unspecified atom stereocenters. The summed E-state index contributed by atoms with van der Waals surface area (Å²) in [5, 5.41) is 10.2. The van der Waals surface area contributed by atoms with Crippen LogP contribution in [0, 0.1) is 5.82 Å². The van der Waals surface area contributed by atoms with Gasteiger partial charge in [0.1, 0.15) is 5.82 Å². The van der Waals surface area contributed by atoms with Crippen molar-refractivity contribution in [2.45, 2.75) is 30.9 Å². The third-order valence-corrected chi connectivity index (χ3v) is 5.31. The maximum absolute atomic E-state index is 13.9. The van der Waals surface area contributed by atoms with Crippen molar-refractivity contribution in [3.05, 3.63) is 101 Å². The first-order valence-electron chi connectivity index (χ1n) is 10.8. The fourth-order valence-electron chi connectivity index (χ4n) is 3.43. The van der Waals surface area contributed by atoms with E-state index in [4.69, 9.17) is 0 Å². The van der Waals surface area contributed by atoms with Gasteiger partial charge in [0.05, 0.1) is 17.7 Å². The van der Waals surface area contributed by atoms with Crippen LogP contribution in [-0.4, -0.2) is 29.8 Å². The summed E-state index contributed by atoms with van der Waals surface area (Å²) in [6, 6.07) is 8.96. The zero-order valence-corrected chi connectivity index (χ0v) is 19.3. The first kappa shape index (κ1) is 29.9. The number of alkyl halides is 9. The van der Waals surface area contributed by atoms with E-state index in [1.54, 1.807) is 0 Å². The van der Waals surface area contributed by atoms with E-state index in [2.05, 4.69) is 4.74 Å². The Kier molecular flexibility index (Phi) is 8.60. The van der Waals surface area contributed by atoms with Crippen molar-refractivity contribution in [3.8, 4) is 0 Å². The number of amides is 1. The number of benzene rings is 3. The lowest BCUT2D eigenvalue weighted by molar-refractivity contribution is -0.261. The van der Waals surface area contributed by atoms with Crippen molar-refractivity contribution in [2.24, 2.45) is 0 Å². The van der Waals surface area contributed by atoms with E-state index in [0.29, 0.717) is 30.3 Å². The Morgan fingerprint density at radius 1 is 0.795 bits per heavy atom. The Morgan fingerprint density at radius 3 is 1.92 bits per heavy atom. The first-order valence-corrected chi connectivity index (χ1v) is 10.8. The molecule has 2 atom stereocenters. The van der Waals surface area contributed by atoms with Crippen LogP contribution in [0.3, 0.4) is 0 Å². The SMILES string of the molecule is O=C(c1cccc(C(F)(F)F)c1)N(CC(OC(O)c1cccc(C(F)(F)F)c1)C(F)(F)F)c1cccc(F)c1. The van der Waals surface area contributed by atoms with Gasteiger partial charge in [-0.15, -0.1) is 0 Å². The molecule has 0 fully saturated rings. The van der Waals surface area contributed by atoms with E-state index in [9.17, 15) is 53.8 Å². The minimum atomic E-state index is -5.34. The van der Waals surface area contributed by atoms with Crippen molar-refractivity contribution < 1.29 is 58.5 Å². The molecular formula is C25H17F10NO3. The number of ether oxygens (including phenoxy) is 1. The molecule has 0 aromatic heterocycles. The Balaban J connectivity index is 1.99. The Hall–Kier alpha value is -3.65. The number of aliphatic hydroxyl groups is 1. The number of aliphatic hydroxyl groups excluding tert-OH is 1. The Morgan fingerprint density at radius 2 is 1.36 bits per heavy atom. The topological polar surface area (TPSA) is 49.8 Å². The highest BCUT2D eigenvalue weighted by Gasteiger charge is 2.45. The lowest BCUT2D eigenvalue weighted by Crippen LogP contribution is -2.46. The molecule has 0 aliphatic rings. The van der Waals surface area contributed by atoms with Gasteiger partial charge in [-0.2, -0.15) is 39.5 Å². The number of carbonyl (C=O) groups excluding carboxylic acids is 1. The number of halogens is 10. The average Bonchev–Trinajstić information content (AvgIpc) is 2.84. The lowest BCUT2D eigenvalue weighted by Gasteiger charge is -2.30. The molecule has 1 N–H and O–H groups in total. The maximum Gasteiger partial charge on any atom is 0.416 e. The van der Waals surface area contributed by atoms with Crippen molar-refractivity contribution in [1.29, 1.82) is 0 Å². The number of carbonyl (C=O) groups is 1. The van der Waals surface area contributed by atoms with Crippen LogP contribution in [0.5, 0.6) is 0 Å². The molecule has 14 heteroatoms. The van der Waals surface area contributed by atoms with E-state index in [0.717, 1.165) is 42.5 Å². The number of anilines is 1. The van der Waals surface area contributed by atoms with Gasteiger partial charge in [0, 0.05) is 16.8 Å². The summed E-state index contributed by atoms with van der Waals surface area (Å²) in [6.45, 7) is -1.50. The molecule has 3 rings (SSSR count). The summed E-state index contributed by atoms with van der Waals surface area (Å²) in [7, 11) is 0. The molecule has 0 saturated carbocycles. The van der Waals surface area contributed by atoms with Crippen LogP contribution in [0.25, 0.3) is 0 Å². The van der Waals surface area contributed by atoms with Gasteiger partial charge in [-0.1, -0.05) is 24.3 Å². The number of hydrogen-bond acceptors (Lipinski definition) is 3. The summed E-state index contributed by atoms with van der Waals surface area (Å²) < 4.78 is 139. The number of hydrogen-bond donors (Lipinski definition) is 1. The van der Waals surface area contributed by atoms with E-state index in [-0.39, 0.29) is 4.90 Å². The molecule has 0 aliphatic carbocycles. The van der Waals surface area contributed by atoms with Gasteiger partial charge in [-0.25, -0.2) is 4.39 Å². The molecule has 1 amide bonds.